The van der Waals surface area contributed by atoms with Gasteiger partial charge in [0.1, 0.15) is 6.54 Å². The highest BCUT2D eigenvalue weighted by molar-refractivity contribution is 14.0. The molecule has 0 radical (unpaired) electrons. The van der Waals surface area contributed by atoms with E-state index in [4.69, 9.17) is 0 Å². The molecule has 0 aliphatic carbocycles. The summed E-state index contributed by atoms with van der Waals surface area (Å²) in [6, 6.07) is 0. The lowest BCUT2D eigenvalue weighted by Gasteiger charge is -2.17. The third kappa shape index (κ3) is 8.17. The Morgan fingerprint density at radius 1 is 1.32 bits per heavy atom. The van der Waals surface area contributed by atoms with Gasteiger partial charge in [-0.2, -0.15) is 0 Å². The third-order valence-electron chi connectivity index (χ3n) is 3.68. The number of likely N-dealkylation sites (N-methyl/N-ethyl adjacent to an activating group) is 1. The van der Waals surface area contributed by atoms with Gasteiger partial charge < -0.3 is 20.4 Å². The van der Waals surface area contributed by atoms with Gasteiger partial charge in [0.15, 0.2) is 5.96 Å². The molecule has 1 rings (SSSR count). The van der Waals surface area contributed by atoms with Crippen LogP contribution in [0, 0.1) is 5.92 Å². The number of rotatable bonds is 7. The van der Waals surface area contributed by atoms with E-state index in [9.17, 15) is 4.79 Å². The highest BCUT2D eigenvalue weighted by atomic mass is 127. The lowest BCUT2D eigenvalue weighted by atomic mass is 10.1. The SMILES string of the molecule is CCCN1CCC(CNC(=NCC(=O)N(C)C)NCC)C1.I. The molecule has 0 aromatic rings. The molecule has 1 aliphatic heterocycles. The molecule has 130 valence electrons. The van der Waals surface area contributed by atoms with Crippen LogP contribution in [0.15, 0.2) is 4.99 Å². The molecule has 1 amide bonds. The molecule has 1 unspecified atom stereocenters. The monoisotopic (exact) mass is 425 g/mol. The summed E-state index contributed by atoms with van der Waals surface area (Å²) in [5, 5.41) is 6.55. The molecular weight excluding hydrogens is 393 g/mol. The Bertz CT molecular complexity index is 349. The molecule has 0 bridgehead atoms. The Balaban J connectivity index is 0.00000441. The summed E-state index contributed by atoms with van der Waals surface area (Å²) < 4.78 is 0. The molecule has 1 saturated heterocycles. The van der Waals surface area contributed by atoms with E-state index in [-0.39, 0.29) is 36.4 Å². The highest BCUT2D eigenvalue weighted by Gasteiger charge is 2.21. The Morgan fingerprint density at radius 2 is 2.05 bits per heavy atom. The fraction of sp³-hybridized carbons (Fsp3) is 0.867. The van der Waals surface area contributed by atoms with Crippen molar-refractivity contribution in [2.24, 2.45) is 10.9 Å². The standard InChI is InChI=1S/C15H31N5O.HI/c1-5-8-20-9-7-13(12-20)10-17-15(16-6-2)18-11-14(21)19(3)4;/h13H,5-12H2,1-4H3,(H2,16,17,18);1H. The fourth-order valence-corrected chi connectivity index (χ4v) is 2.47. The number of halogens is 1. The Hall–Kier alpha value is -0.570. The molecule has 0 aromatic heterocycles. The van der Waals surface area contributed by atoms with E-state index in [1.165, 1.54) is 25.9 Å². The quantitative estimate of drug-likeness (QED) is 0.363. The molecule has 1 aliphatic rings. The van der Waals surface area contributed by atoms with Crippen molar-refractivity contribution < 1.29 is 4.79 Å². The van der Waals surface area contributed by atoms with Crippen LogP contribution in [0.2, 0.25) is 0 Å². The number of aliphatic imine (C=N–C) groups is 1. The van der Waals surface area contributed by atoms with Crippen molar-refractivity contribution in [2.45, 2.75) is 26.7 Å². The van der Waals surface area contributed by atoms with Crippen molar-refractivity contribution in [1.82, 2.24) is 20.4 Å². The average Bonchev–Trinajstić information content (AvgIpc) is 2.89. The average molecular weight is 425 g/mol. The van der Waals surface area contributed by atoms with Crippen LogP contribution in [0.25, 0.3) is 0 Å². The first-order valence-electron chi connectivity index (χ1n) is 8.01. The van der Waals surface area contributed by atoms with Gasteiger partial charge in [-0.15, -0.1) is 24.0 Å². The Kier molecular flexibility index (Phi) is 11.6. The predicted molar refractivity (Wildman–Crippen MR) is 103 cm³/mol. The van der Waals surface area contributed by atoms with Crippen LogP contribution < -0.4 is 10.6 Å². The van der Waals surface area contributed by atoms with Crippen molar-refractivity contribution in [3.8, 4) is 0 Å². The van der Waals surface area contributed by atoms with E-state index in [2.05, 4.69) is 27.4 Å². The second kappa shape index (κ2) is 11.9. The van der Waals surface area contributed by atoms with Crippen molar-refractivity contribution in [3.05, 3.63) is 0 Å². The molecule has 2 N–H and O–H groups in total. The number of hydrogen-bond donors (Lipinski definition) is 2. The zero-order valence-electron chi connectivity index (χ0n) is 14.4. The summed E-state index contributed by atoms with van der Waals surface area (Å²) >= 11 is 0. The summed E-state index contributed by atoms with van der Waals surface area (Å²) in [5.41, 5.74) is 0. The maximum atomic E-state index is 11.6. The van der Waals surface area contributed by atoms with Crippen LogP contribution in [-0.4, -0.2) is 75.0 Å². The summed E-state index contributed by atoms with van der Waals surface area (Å²) in [6.45, 7) is 9.73. The van der Waals surface area contributed by atoms with E-state index in [0.29, 0.717) is 5.92 Å². The van der Waals surface area contributed by atoms with E-state index >= 15 is 0 Å². The van der Waals surface area contributed by atoms with E-state index < -0.39 is 0 Å². The third-order valence-corrected chi connectivity index (χ3v) is 3.68. The molecule has 1 atom stereocenters. The summed E-state index contributed by atoms with van der Waals surface area (Å²) in [4.78, 5) is 20.0. The minimum atomic E-state index is 0. The summed E-state index contributed by atoms with van der Waals surface area (Å²) in [5.74, 6) is 1.42. The van der Waals surface area contributed by atoms with Gasteiger partial charge in [-0.05, 0) is 38.8 Å². The molecule has 22 heavy (non-hydrogen) atoms. The van der Waals surface area contributed by atoms with Crippen LogP contribution >= 0.6 is 24.0 Å². The second-order valence-electron chi connectivity index (χ2n) is 5.82. The minimum absolute atomic E-state index is 0. The summed E-state index contributed by atoms with van der Waals surface area (Å²) in [6.07, 6.45) is 2.46. The maximum Gasteiger partial charge on any atom is 0.243 e. The number of nitrogens with zero attached hydrogens (tertiary/aromatic N) is 3. The first kappa shape index (κ1) is 21.4. The maximum absolute atomic E-state index is 11.6. The van der Waals surface area contributed by atoms with Gasteiger partial charge in [-0.3, -0.25) is 4.79 Å². The minimum Gasteiger partial charge on any atom is -0.357 e. The molecular formula is C15H32IN5O. The van der Waals surface area contributed by atoms with Gasteiger partial charge in [-0.25, -0.2) is 4.99 Å². The number of hydrogen-bond acceptors (Lipinski definition) is 3. The van der Waals surface area contributed by atoms with Gasteiger partial charge in [-0.1, -0.05) is 6.92 Å². The van der Waals surface area contributed by atoms with Crippen LogP contribution in [0.4, 0.5) is 0 Å². The van der Waals surface area contributed by atoms with E-state index in [1.807, 2.05) is 6.92 Å². The van der Waals surface area contributed by atoms with Gasteiger partial charge in [0.25, 0.3) is 0 Å². The predicted octanol–water partition coefficient (Wildman–Crippen LogP) is 0.980. The second-order valence-corrected chi connectivity index (χ2v) is 5.82. The van der Waals surface area contributed by atoms with Crippen molar-refractivity contribution >= 4 is 35.8 Å². The van der Waals surface area contributed by atoms with E-state index in [0.717, 1.165) is 25.6 Å². The summed E-state index contributed by atoms with van der Waals surface area (Å²) in [7, 11) is 3.50. The first-order chi connectivity index (χ1) is 10.1. The molecule has 0 spiro atoms. The molecule has 0 aromatic carbocycles. The zero-order chi connectivity index (χ0) is 15.7. The lowest BCUT2D eigenvalue weighted by Crippen LogP contribution is -2.41. The highest BCUT2D eigenvalue weighted by Crippen LogP contribution is 2.15. The van der Waals surface area contributed by atoms with Crippen molar-refractivity contribution in [1.29, 1.82) is 0 Å². The number of guanidine groups is 1. The number of carbonyl (C=O) groups is 1. The van der Waals surface area contributed by atoms with Gasteiger partial charge in [0.05, 0.1) is 0 Å². The van der Waals surface area contributed by atoms with Crippen molar-refractivity contribution in [2.75, 3.05) is 53.4 Å². The normalized spacial score (nSPS) is 18.7. The van der Waals surface area contributed by atoms with Gasteiger partial charge in [0.2, 0.25) is 5.91 Å². The Labute approximate surface area is 152 Å². The lowest BCUT2D eigenvalue weighted by molar-refractivity contribution is -0.127. The molecule has 6 nitrogen and oxygen atoms in total. The van der Waals surface area contributed by atoms with Crippen LogP contribution in [-0.2, 0) is 4.79 Å². The van der Waals surface area contributed by atoms with Crippen LogP contribution in [0.5, 0.6) is 0 Å². The zero-order valence-corrected chi connectivity index (χ0v) is 16.7. The largest absolute Gasteiger partial charge is 0.357 e. The number of amides is 1. The molecule has 0 saturated carbocycles. The number of carbonyl (C=O) groups excluding carboxylic acids is 1. The van der Waals surface area contributed by atoms with Crippen LogP contribution in [0.1, 0.15) is 26.7 Å². The molecule has 1 fully saturated rings. The number of likely N-dealkylation sites (tertiary alicyclic amines) is 1. The first-order valence-corrected chi connectivity index (χ1v) is 8.01. The van der Waals surface area contributed by atoms with Crippen LogP contribution in [0.3, 0.4) is 0 Å². The Morgan fingerprint density at radius 3 is 2.64 bits per heavy atom. The molecule has 7 heteroatoms. The van der Waals surface area contributed by atoms with Gasteiger partial charge in [0, 0.05) is 33.7 Å². The topological polar surface area (TPSA) is 60.0 Å². The fourth-order valence-electron chi connectivity index (χ4n) is 2.47. The smallest absolute Gasteiger partial charge is 0.243 e. The van der Waals surface area contributed by atoms with Gasteiger partial charge >= 0.3 is 0 Å². The van der Waals surface area contributed by atoms with Crippen molar-refractivity contribution in [3.63, 3.8) is 0 Å². The molecule has 1 heterocycles. The number of nitrogens with one attached hydrogen (secondary N) is 2. The van der Waals surface area contributed by atoms with E-state index in [1.54, 1.807) is 19.0 Å².